The van der Waals surface area contributed by atoms with Gasteiger partial charge in [0.2, 0.25) is 5.91 Å². The zero-order chi connectivity index (χ0) is 18.1. The molecule has 0 unspecified atom stereocenters. The number of hydrogen-bond acceptors (Lipinski definition) is 1. The molecule has 0 aliphatic heterocycles. The molecule has 0 fully saturated rings. The van der Waals surface area contributed by atoms with Gasteiger partial charge in [-0.15, -0.1) is 0 Å². The van der Waals surface area contributed by atoms with Gasteiger partial charge in [-0.2, -0.15) is 26.3 Å². The lowest BCUT2D eigenvalue weighted by Gasteiger charge is -2.15. The van der Waals surface area contributed by atoms with Crippen LogP contribution in [0.3, 0.4) is 0 Å². The number of amides is 1. The van der Waals surface area contributed by atoms with Gasteiger partial charge in [-0.1, -0.05) is 18.2 Å². The van der Waals surface area contributed by atoms with Crippen molar-refractivity contribution < 1.29 is 31.1 Å². The van der Waals surface area contributed by atoms with Crippen molar-refractivity contribution in [1.82, 2.24) is 0 Å². The maximum atomic E-state index is 12.8. The minimum atomic E-state index is -4.61. The van der Waals surface area contributed by atoms with Crippen molar-refractivity contribution in [2.24, 2.45) is 0 Å². The van der Waals surface area contributed by atoms with Crippen molar-refractivity contribution in [3.63, 3.8) is 0 Å². The normalized spacial score (nSPS) is 12.1. The summed E-state index contributed by atoms with van der Waals surface area (Å²) in [5.74, 6) is -0.595. The van der Waals surface area contributed by atoms with Gasteiger partial charge < -0.3 is 5.32 Å². The highest BCUT2D eigenvalue weighted by molar-refractivity contribution is 5.94. The molecule has 0 radical (unpaired) electrons. The Hall–Kier alpha value is -2.51. The summed E-state index contributed by atoms with van der Waals surface area (Å²) in [6, 6.07) is 6.58. The number of anilines is 1. The second kappa shape index (κ2) is 6.18. The highest BCUT2D eigenvalue weighted by atomic mass is 19.4. The number of carbonyl (C=O) groups excluding carboxylic acids is 1. The van der Waals surface area contributed by atoms with Crippen LogP contribution < -0.4 is 5.32 Å². The summed E-state index contributed by atoms with van der Waals surface area (Å²) in [7, 11) is 0. The van der Waals surface area contributed by atoms with E-state index in [-0.39, 0.29) is 16.8 Å². The lowest BCUT2D eigenvalue weighted by Crippen LogP contribution is -2.10. The predicted molar refractivity (Wildman–Crippen MR) is 76.2 cm³/mol. The van der Waals surface area contributed by atoms with Crippen LogP contribution in [0.2, 0.25) is 0 Å². The second-order valence-electron chi connectivity index (χ2n) is 5.01. The topological polar surface area (TPSA) is 29.1 Å². The first-order valence-electron chi connectivity index (χ1n) is 6.65. The van der Waals surface area contributed by atoms with Crippen LogP contribution in [0.15, 0.2) is 42.5 Å². The number of hydrogen-bond donors (Lipinski definition) is 1. The van der Waals surface area contributed by atoms with Crippen molar-refractivity contribution in [2.45, 2.75) is 19.3 Å². The average molecular weight is 347 g/mol. The molecule has 0 spiro atoms. The van der Waals surface area contributed by atoms with E-state index in [4.69, 9.17) is 0 Å². The van der Waals surface area contributed by atoms with Gasteiger partial charge in [0, 0.05) is 18.2 Å². The highest BCUT2D eigenvalue weighted by Gasteiger charge is 2.32. The highest BCUT2D eigenvalue weighted by Crippen LogP contribution is 2.37. The van der Waals surface area contributed by atoms with E-state index in [1.807, 2.05) is 0 Å². The van der Waals surface area contributed by atoms with E-state index in [2.05, 4.69) is 5.32 Å². The minimum Gasteiger partial charge on any atom is -0.326 e. The molecule has 2 aromatic rings. The van der Waals surface area contributed by atoms with E-state index in [1.165, 1.54) is 0 Å². The summed E-state index contributed by atoms with van der Waals surface area (Å²) in [5, 5.41) is 2.27. The van der Waals surface area contributed by atoms with Crippen molar-refractivity contribution in [2.75, 3.05) is 5.32 Å². The molecule has 2 nitrogen and oxygen atoms in total. The maximum Gasteiger partial charge on any atom is 0.416 e. The molecule has 2 rings (SSSR count). The third kappa shape index (κ3) is 4.06. The van der Waals surface area contributed by atoms with Crippen LogP contribution in [0.1, 0.15) is 18.1 Å². The molecule has 8 heteroatoms. The molecular weight excluding hydrogens is 336 g/mol. The Bertz CT molecular complexity index is 747. The molecule has 0 heterocycles. The number of rotatable bonds is 2. The largest absolute Gasteiger partial charge is 0.416 e. The van der Waals surface area contributed by atoms with Crippen LogP contribution in [-0.2, 0) is 17.1 Å². The molecular formula is C16H11F6NO. The van der Waals surface area contributed by atoms with E-state index in [0.29, 0.717) is 0 Å². The Labute approximate surface area is 133 Å². The zero-order valence-corrected chi connectivity index (χ0v) is 12.2. The Morgan fingerprint density at radius 1 is 0.833 bits per heavy atom. The first-order chi connectivity index (χ1) is 11.0. The van der Waals surface area contributed by atoms with Crippen LogP contribution >= 0.6 is 0 Å². The number of carbonyl (C=O) groups is 1. The fourth-order valence-corrected chi connectivity index (χ4v) is 2.10. The summed E-state index contributed by atoms with van der Waals surface area (Å²) in [6.07, 6.45) is -9.12. The standard InChI is InChI=1S/C16H11F6NO/c1-9(24)23-14-8-12(16(20,21)22)6-7-13(14)10-2-4-11(5-3-10)15(17,18)19/h2-8H,1H3,(H,23,24). The van der Waals surface area contributed by atoms with Gasteiger partial charge in [-0.3, -0.25) is 4.79 Å². The van der Waals surface area contributed by atoms with Gasteiger partial charge in [0.25, 0.3) is 0 Å². The van der Waals surface area contributed by atoms with Crippen LogP contribution in [0.25, 0.3) is 11.1 Å². The molecule has 128 valence electrons. The number of nitrogens with one attached hydrogen (secondary N) is 1. The van der Waals surface area contributed by atoms with Crippen molar-refractivity contribution in [3.8, 4) is 11.1 Å². The number of benzene rings is 2. The molecule has 0 aliphatic carbocycles. The van der Waals surface area contributed by atoms with Gasteiger partial charge in [-0.25, -0.2) is 0 Å². The van der Waals surface area contributed by atoms with Crippen LogP contribution in [0.5, 0.6) is 0 Å². The van der Waals surface area contributed by atoms with Crippen LogP contribution in [0.4, 0.5) is 32.0 Å². The van der Waals surface area contributed by atoms with Gasteiger partial charge in [-0.05, 0) is 29.8 Å². The molecule has 0 aliphatic rings. The van der Waals surface area contributed by atoms with E-state index in [0.717, 1.165) is 49.4 Å². The molecule has 24 heavy (non-hydrogen) atoms. The van der Waals surface area contributed by atoms with Gasteiger partial charge >= 0.3 is 12.4 Å². The molecule has 1 amide bonds. The summed E-state index contributed by atoms with van der Waals surface area (Å²) in [6.45, 7) is 1.12. The summed E-state index contributed by atoms with van der Waals surface area (Å²) in [5.41, 5.74) is -1.54. The van der Waals surface area contributed by atoms with E-state index in [9.17, 15) is 31.1 Å². The monoisotopic (exact) mass is 347 g/mol. The zero-order valence-electron chi connectivity index (χ0n) is 12.2. The summed E-state index contributed by atoms with van der Waals surface area (Å²) < 4.78 is 76.1. The van der Waals surface area contributed by atoms with E-state index < -0.39 is 29.4 Å². The fraction of sp³-hybridized carbons (Fsp3) is 0.188. The number of halogens is 6. The van der Waals surface area contributed by atoms with Crippen molar-refractivity contribution in [3.05, 3.63) is 53.6 Å². The fourth-order valence-electron chi connectivity index (χ4n) is 2.10. The summed E-state index contributed by atoms with van der Waals surface area (Å²) >= 11 is 0. The Kier molecular flexibility index (Phi) is 4.59. The average Bonchev–Trinajstić information content (AvgIpc) is 2.45. The maximum absolute atomic E-state index is 12.8. The lowest BCUT2D eigenvalue weighted by molar-refractivity contribution is -0.138. The van der Waals surface area contributed by atoms with Gasteiger partial charge in [0.05, 0.1) is 11.1 Å². The van der Waals surface area contributed by atoms with Gasteiger partial charge in [0.1, 0.15) is 0 Å². The Balaban J connectivity index is 2.50. The molecule has 0 saturated heterocycles. The molecule has 1 N–H and O–H groups in total. The Morgan fingerprint density at radius 2 is 1.33 bits per heavy atom. The smallest absolute Gasteiger partial charge is 0.326 e. The predicted octanol–water partition coefficient (Wildman–Crippen LogP) is 5.35. The molecule has 0 atom stereocenters. The second-order valence-corrected chi connectivity index (χ2v) is 5.01. The van der Waals surface area contributed by atoms with E-state index in [1.54, 1.807) is 0 Å². The minimum absolute atomic E-state index is 0.128. The SMILES string of the molecule is CC(=O)Nc1cc(C(F)(F)F)ccc1-c1ccc(C(F)(F)F)cc1. The van der Waals surface area contributed by atoms with Crippen LogP contribution in [-0.4, -0.2) is 5.91 Å². The third-order valence-corrected chi connectivity index (χ3v) is 3.18. The lowest BCUT2D eigenvalue weighted by atomic mass is 9.99. The Morgan fingerprint density at radius 3 is 1.79 bits per heavy atom. The summed E-state index contributed by atoms with van der Waals surface area (Å²) in [4.78, 5) is 11.2. The quantitative estimate of drug-likeness (QED) is 0.729. The number of alkyl halides is 6. The van der Waals surface area contributed by atoms with Crippen molar-refractivity contribution >= 4 is 11.6 Å². The first kappa shape index (κ1) is 17.8. The molecule has 0 saturated carbocycles. The van der Waals surface area contributed by atoms with Crippen molar-refractivity contribution in [1.29, 1.82) is 0 Å². The molecule has 2 aromatic carbocycles. The molecule has 0 bridgehead atoms. The van der Waals surface area contributed by atoms with E-state index >= 15 is 0 Å². The first-order valence-corrected chi connectivity index (χ1v) is 6.65. The van der Waals surface area contributed by atoms with Crippen LogP contribution in [0, 0.1) is 0 Å². The third-order valence-electron chi connectivity index (χ3n) is 3.18. The molecule has 0 aromatic heterocycles. The van der Waals surface area contributed by atoms with Gasteiger partial charge in [0.15, 0.2) is 0 Å².